The molecular weight excluding hydrogens is 281 g/mol. The Balaban J connectivity index is 2.06. The zero-order valence-corrected chi connectivity index (χ0v) is 11.3. The fourth-order valence-electron chi connectivity index (χ4n) is 1.79. The first-order valence-electron chi connectivity index (χ1n) is 6.00. The molecule has 3 nitrogen and oxygen atoms in total. The fraction of sp³-hybridized carbons (Fsp3) is 0.133. The molecule has 0 saturated heterocycles. The summed E-state index contributed by atoms with van der Waals surface area (Å²) in [6, 6.07) is 10.7. The van der Waals surface area contributed by atoms with Crippen LogP contribution < -0.4 is 5.32 Å². The predicted molar refractivity (Wildman–Crippen MR) is 75.2 cm³/mol. The van der Waals surface area contributed by atoms with Crippen LogP contribution in [0, 0.1) is 5.82 Å². The second-order valence-corrected chi connectivity index (χ2v) is 4.56. The molecule has 0 heterocycles. The molecule has 0 aromatic heterocycles. The number of amides is 1. The molecule has 0 atom stereocenters. The van der Waals surface area contributed by atoms with Gasteiger partial charge in [0.1, 0.15) is 11.6 Å². The highest BCUT2D eigenvalue weighted by atomic mass is 35.5. The Bertz CT molecular complexity index is 631. The Hall–Kier alpha value is -2.07. The largest absolute Gasteiger partial charge is 0.507 e. The molecular formula is C15H13ClFNO2. The van der Waals surface area contributed by atoms with Gasteiger partial charge in [0.15, 0.2) is 0 Å². The summed E-state index contributed by atoms with van der Waals surface area (Å²) in [5.74, 6) is -0.958. The van der Waals surface area contributed by atoms with E-state index < -0.39 is 11.7 Å². The molecule has 0 saturated carbocycles. The lowest BCUT2D eigenvalue weighted by Gasteiger charge is -2.08. The SMILES string of the molecule is O=C(NCc1cccc(CCl)c1)c1cc(F)ccc1O. The molecule has 1 amide bonds. The summed E-state index contributed by atoms with van der Waals surface area (Å²) in [6.45, 7) is 0.277. The zero-order chi connectivity index (χ0) is 14.5. The van der Waals surface area contributed by atoms with Gasteiger partial charge in [-0.1, -0.05) is 24.3 Å². The van der Waals surface area contributed by atoms with Crippen LogP contribution in [0.3, 0.4) is 0 Å². The van der Waals surface area contributed by atoms with Gasteiger partial charge >= 0.3 is 0 Å². The number of rotatable bonds is 4. The van der Waals surface area contributed by atoms with Crippen LogP contribution in [0.2, 0.25) is 0 Å². The van der Waals surface area contributed by atoms with Crippen molar-refractivity contribution in [1.29, 1.82) is 0 Å². The Morgan fingerprint density at radius 3 is 2.70 bits per heavy atom. The summed E-state index contributed by atoms with van der Waals surface area (Å²) in [5.41, 5.74) is 1.75. The van der Waals surface area contributed by atoms with E-state index in [4.69, 9.17) is 11.6 Å². The van der Waals surface area contributed by atoms with E-state index in [0.717, 1.165) is 29.3 Å². The summed E-state index contributed by atoms with van der Waals surface area (Å²) in [5, 5.41) is 12.2. The molecule has 104 valence electrons. The lowest BCUT2D eigenvalue weighted by Crippen LogP contribution is -2.23. The maximum Gasteiger partial charge on any atom is 0.255 e. The van der Waals surface area contributed by atoms with E-state index in [0.29, 0.717) is 5.88 Å². The second-order valence-electron chi connectivity index (χ2n) is 4.30. The third-order valence-electron chi connectivity index (χ3n) is 2.80. The normalized spacial score (nSPS) is 10.3. The second kappa shape index (κ2) is 6.39. The number of benzene rings is 2. The quantitative estimate of drug-likeness (QED) is 0.851. The molecule has 0 radical (unpaired) electrons. The van der Waals surface area contributed by atoms with Crippen LogP contribution in [0.15, 0.2) is 42.5 Å². The first-order chi connectivity index (χ1) is 9.60. The van der Waals surface area contributed by atoms with E-state index >= 15 is 0 Å². The first-order valence-corrected chi connectivity index (χ1v) is 6.54. The number of carbonyl (C=O) groups is 1. The highest BCUT2D eigenvalue weighted by Crippen LogP contribution is 2.17. The van der Waals surface area contributed by atoms with Gasteiger partial charge < -0.3 is 10.4 Å². The van der Waals surface area contributed by atoms with Crippen LogP contribution in [-0.2, 0) is 12.4 Å². The van der Waals surface area contributed by atoms with Crippen molar-refractivity contribution in [3.8, 4) is 5.75 Å². The molecule has 0 unspecified atom stereocenters. The molecule has 0 aliphatic carbocycles. The summed E-state index contributed by atoms with van der Waals surface area (Å²) in [4.78, 5) is 11.9. The average Bonchev–Trinajstić information content (AvgIpc) is 2.47. The number of halogens is 2. The minimum Gasteiger partial charge on any atom is -0.507 e. The van der Waals surface area contributed by atoms with Gasteiger partial charge in [-0.3, -0.25) is 4.79 Å². The third-order valence-corrected chi connectivity index (χ3v) is 3.11. The number of nitrogens with one attached hydrogen (secondary N) is 1. The van der Waals surface area contributed by atoms with Crippen molar-refractivity contribution >= 4 is 17.5 Å². The topological polar surface area (TPSA) is 49.3 Å². The predicted octanol–water partition coefficient (Wildman–Crippen LogP) is 3.20. The van der Waals surface area contributed by atoms with E-state index in [1.807, 2.05) is 24.3 Å². The third kappa shape index (κ3) is 3.48. The van der Waals surface area contributed by atoms with Gasteiger partial charge in [-0.2, -0.15) is 0 Å². The fourth-order valence-corrected chi connectivity index (χ4v) is 1.96. The molecule has 0 spiro atoms. The van der Waals surface area contributed by atoms with E-state index in [2.05, 4.69) is 5.32 Å². The van der Waals surface area contributed by atoms with Crippen molar-refractivity contribution in [1.82, 2.24) is 5.32 Å². The van der Waals surface area contributed by atoms with Crippen molar-refractivity contribution < 1.29 is 14.3 Å². The van der Waals surface area contributed by atoms with E-state index in [9.17, 15) is 14.3 Å². The Labute approximate surface area is 121 Å². The van der Waals surface area contributed by atoms with Gasteiger partial charge in [0.05, 0.1) is 5.56 Å². The molecule has 2 aromatic rings. The molecule has 2 rings (SSSR count). The van der Waals surface area contributed by atoms with Crippen LogP contribution in [0.25, 0.3) is 0 Å². The number of hydrogen-bond acceptors (Lipinski definition) is 2. The van der Waals surface area contributed by atoms with E-state index in [1.165, 1.54) is 0 Å². The maximum absolute atomic E-state index is 13.1. The Kier molecular flexibility index (Phi) is 4.58. The molecule has 5 heteroatoms. The van der Waals surface area contributed by atoms with Crippen LogP contribution >= 0.6 is 11.6 Å². The monoisotopic (exact) mass is 293 g/mol. The van der Waals surface area contributed by atoms with Crippen molar-refractivity contribution in [2.45, 2.75) is 12.4 Å². The van der Waals surface area contributed by atoms with Gasteiger partial charge in [-0.15, -0.1) is 11.6 Å². The number of alkyl halides is 1. The van der Waals surface area contributed by atoms with Crippen molar-refractivity contribution in [2.75, 3.05) is 0 Å². The van der Waals surface area contributed by atoms with Crippen molar-refractivity contribution in [2.24, 2.45) is 0 Å². The Morgan fingerprint density at radius 2 is 1.95 bits per heavy atom. The lowest BCUT2D eigenvalue weighted by molar-refractivity contribution is 0.0947. The summed E-state index contributed by atoms with van der Waals surface area (Å²) in [6.07, 6.45) is 0. The van der Waals surface area contributed by atoms with Gasteiger partial charge in [-0.05, 0) is 29.3 Å². The summed E-state index contributed by atoms with van der Waals surface area (Å²) < 4.78 is 13.1. The van der Waals surface area contributed by atoms with Gasteiger partial charge in [0.2, 0.25) is 0 Å². The minimum atomic E-state index is -0.572. The Morgan fingerprint density at radius 1 is 1.20 bits per heavy atom. The van der Waals surface area contributed by atoms with Crippen LogP contribution in [0.5, 0.6) is 5.75 Å². The van der Waals surface area contributed by atoms with Crippen molar-refractivity contribution in [3.05, 3.63) is 65.0 Å². The number of hydrogen-bond donors (Lipinski definition) is 2. The lowest BCUT2D eigenvalue weighted by atomic mass is 10.1. The summed E-state index contributed by atoms with van der Waals surface area (Å²) in [7, 11) is 0. The standard InChI is InChI=1S/C15H13ClFNO2/c16-8-10-2-1-3-11(6-10)9-18-15(20)13-7-12(17)4-5-14(13)19/h1-7,19H,8-9H2,(H,18,20). The number of aromatic hydroxyl groups is 1. The smallest absolute Gasteiger partial charge is 0.255 e. The molecule has 0 aliphatic rings. The molecule has 2 aromatic carbocycles. The molecule has 0 bridgehead atoms. The molecule has 0 fully saturated rings. The van der Waals surface area contributed by atoms with Gasteiger partial charge in [0.25, 0.3) is 5.91 Å². The average molecular weight is 294 g/mol. The number of phenolic OH excluding ortho intramolecular Hbond substituents is 1. The maximum atomic E-state index is 13.1. The molecule has 2 N–H and O–H groups in total. The highest BCUT2D eigenvalue weighted by molar-refractivity contribution is 6.17. The van der Waals surface area contributed by atoms with Crippen LogP contribution in [-0.4, -0.2) is 11.0 Å². The minimum absolute atomic E-state index is 0.0847. The van der Waals surface area contributed by atoms with E-state index in [1.54, 1.807) is 0 Å². The number of carbonyl (C=O) groups excluding carboxylic acids is 1. The molecule has 20 heavy (non-hydrogen) atoms. The highest BCUT2D eigenvalue weighted by Gasteiger charge is 2.11. The van der Waals surface area contributed by atoms with Gasteiger partial charge in [0, 0.05) is 12.4 Å². The zero-order valence-electron chi connectivity index (χ0n) is 10.6. The summed E-state index contributed by atoms with van der Waals surface area (Å²) >= 11 is 5.73. The van der Waals surface area contributed by atoms with E-state index in [-0.39, 0.29) is 17.9 Å². The van der Waals surface area contributed by atoms with Crippen molar-refractivity contribution in [3.63, 3.8) is 0 Å². The number of phenols is 1. The molecule has 0 aliphatic heterocycles. The first kappa shape index (κ1) is 14.3. The van der Waals surface area contributed by atoms with Gasteiger partial charge in [-0.25, -0.2) is 4.39 Å². The van der Waals surface area contributed by atoms with Crippen LogP contribution in [0.4, 0.5) is 4.39 Å². The van der Waals surface area contributed by atoms with Crippen LogP contribution in [0.1, 0.15) is 21.5 Å².